The van der Waals surface area contributed by atoms with Crippen LogP contribution in [-0.4, -0.2) is 56.8 Å². The van der Waals surface area contributed by atoms with Gasteiger partial charge in [-0.1, -0.05) is 18.2 Å². The van der Waals surface area contributed by atoms with Crippen LogP contribution >= 0.6 is 0 Å². The van der Waals surface area contributed by atoms with Crippen molar-refractivity contribution in [1.82, 2.24) is 9.21 Å². The SMILES string of the molecule is COc1cccc(S(=O)(=O)N2CCN(C(=O)/C=C/c3ccc(F)cc3)CC2)c1. The van der Waals surface area contributed by atoms with E-state index in [9.17, 15) is 17.6 Å². The van der Waals surface area contributed by atoms with E-state index in [1.165, 1.54) is 41.8 Å². The van der Waals surface area contributed by atoms with E-state index in [4.69, 9.17) is 4.74 Å². The summed E-state index contributed by atoms with van der Waals surface area (Å²) in [5, 5.41) is 0. The first kappa shape index (κ1) is 20.0. The molecule has 8 heteroatoms. The van der Waals surface area contributed by atoms with Gasteiger partial charge in [0.2, 0.25) is 15.9 Å². The molecule has 0 aliphatic carbocycles. The molecule has 0 spiro atoms. The lowest BCUT2D eigenvalue weighted by atomic mass is 10.2. The van der Waals surface area contributed by atoms with Gasteiger partial charge in [0.25, 0.3) is 0 Å². The molecule has 0 unspecified atom stereocenters. The molecule has 1 heterocycles. The van der Waals surface area contributed by atoms with Crippen LogP contribution in [-0.2, 0) is 14.8 Å². The second-order valence-electron chi connectivity index (χ2n) is 6.29. The summed E-state index contributed by atoms with van der Waals surface area (Å²) in [6.45, 7) is 1.04. The summed E-state index contributed by atoms with van der Waals surface area (Å²) >= 11 is 0. The van der Waals surface area contributed by atoms with Gasteiger partial charge in [-0.2, -0.15) is 4.31 Å². The number of rotatable bonds is 5. The maximum absolute atomic E-state index is 12.9. The Morgan fingerprint density at radius 1 is 1.07 bits per heavy atom. The maximum atomic E-state index is 12.9. The Morgan fingerprint density at radius 2 is 1.75 bits per heavy atom. The third-order valence-corrected chi connectivity index (χ3v) is 6.41. The van der Waals surface area contributed by atoms with Gasteiger partial charge < -0.3 is 9.64 Å². The van der Waals surface area contributed by atoms with Crippen LogP contribution in [0.3, 0.4) is 0 Å². The van der Waals surface area contributed by atoms with Crippen LogP contribution in [0.1, 0.15) is 5.56 Å². The van der Waals surface area contributed by atoms with Gasteiger partial charge in [-0.05, 0) is 35.9 Å². The molecule has 0 saturated carbocycles. The number of benzene rings is 2. The van der Waals surface area contributed by atoms with E-state index in [-0.39, 0.29) is 29.7 Å². The number of hydrogen-bond acceptors (Lipinski definition) is 4. The van der Waals surface area contributed by atoms with Crippen LogP contribution in [0.25, 0.3) is 6.08 Å². The molecule has 1 aliphatic rings. The van der Waals surface area contributed by atoms with E-state index < -0.39 is 10.0 Å². The van der Waals surface area contributed by atoms with Crippen molar-refractivity contribution in [2.45, 2.75) is 4.90 Å². The van der Waals surface area contributed by atoms with Crippen molar-refractivity contribution < 1.29 is 22.3 Å². The summed E-state index contributed by atoms with van der Waals surface area (Å²) in [5.41, 5.74) is 0.717. The number of ether oxygens (including phenoxy) is 1. The van der Waals surface area contributed by atoms with E-state index in [0.717, 1.165) is 0 Å². The van der Waals surface area contributed by atoms with E-state index >= 15 is 0 Å². The van der Waals surface area contributed by atoms with Crippen LogP contribution < -0.4 is 4.74 Å². The van der Waals surface area contributed by atoms with Crippen LogP contribution in [0, 0.1) is 5.82 Å². The van der Waals surface area contributed by atoms with E-state index in [0.29, 0.717) is 24.4 Å². The maximum Gasteiger partial charge on any atom is 0.246 e. The van der Waals surface area contributed by atoms with E-state index in [2.05, 4.69) is 0 Å². The highest BCUT2D eigenvalue weighted by Crippen LogP contribution is 2.22. The van der Waals surface area contributed by atoms with Gasteiger partial charge in [-0.25, -0.2) is 12.8 Å². The fourth-order valence-corrected chi connectivity index (χ4v) is 4.36. The Hall–Kier alpha value is -2.71. The standard InChI is InChI=1S/C20H21FN2O4S/c1-27-18-3-2-4-19(15-18)28(25,26)23-13-11-22(12-14-23)20(24)10-7-16-5-8-17(21)9-6-16/h2-10,15H,11-14H2,1H3/b10-7+. The van der Waals surface area contributed by atoms with E-state index in [1.807, 2.05) is 0 Å². The Balaban J connectivity index is 1.61. The minimum absolute atomic E-state index is 0.169. The zero-order chi connectivity index (χ0) is 20.1. The molecule has 1 saturated heterocycles. The van der Waals surface area contributed by atoms with Crippen LogP contribution in [0.15, 0.2) is 59.5 Å². The van der Waals surface area contributed by atoms with Crippen LogP contribution in [0.5, 0.6) is 5.75 Å². The van der Waals surface area contributed by atoms with Crippen molar-refractivity contribution in [1.29, 1.82) is 0 Å². The predicted octanol–water partition coefficient (Wildman–Crippen LogP) is 2.38. The number of nitrogens with zero attached hydrogens (tertiary/aromatic N) is 2. The van der Waals surface area contributed by atoms with Crippen LogP contribution in [0.4, 0.5) is 4.39 Å². The minimum atomic E-state index is -3.64. The molecule has 0 bridgehead atoms. The average Bonchev–Trinajstić information content (AvgIpc) is 2.73. The Bertz CT molecular complexity index is 966. The van der Waals surface area contributed by atoms with Gasteiger partial charge in [0.15, 0.2) is 0 Å². The summed E-state index contributed by atoms with van der Waals surface area (Å²) in [6.07, 6.45) is 3.03. The fourth-order valence-electron chi connectivity index (χ4n) is 2.91. The van der Waals surface area contributed by atoms with Crippen molar-refractivity contribution >= 4 is 22.0 Å². The molecular formula is C20H21FN2O4S. The molecule has 0 N–H and O–H groups in total. The van der Waals surface area contributed by atoms with Gasteiger partial charge in [-0.3, -0.25) is 4.79 Å². The van der Waals surface area contributed by atoms with Gasteiger partial charge >= 0.3 is 0 Å². The molecule has 1 amide bonds. The van der Waals surface area contributed by atoms with Crippen molar-refractivity contribution in [3.63, 3.8) is 0 Å². The largest absolute Gasteiger partial charge is 0.497 e. The Morgan fingerprint density at radius 3 is 2.39 bits per heavy atom. The fraction of sp³-hybridized carbons (Fsp3) is 0.250. The molecule has 1 fully saturated rings. The first-order valence-electron chi connectivity index (χ1n) is 8.77. The number of piperazine rings is 1. The number of sulfonamides is 1. The number of halogens is 1. The molecule has 0 atom stereocenters. The Kier molecular flexibility index (Phi) is 6.11. The molecular weight excluding hydrogens is 383 g/mol. The van der Waals surface area contributed by atoms with Crippen molar-refractivity contribution in [3.05, 3.63) is 66.0 Å². The van der Waals surface area contributed by atoms with Crippen molar-refractivity contribution in [2.24, 2.45) is 0 Å². The molecule has 28 heavy (non-hydrogen) atoms. The highest BCUT2D eigenvalue weighted by molar-refractivity contribution is 7.89. The topological polar surface area (TPSA) is 66.9 Å². The molecule has 1 aliphatic heterocycles. The zero-order valence-corrected chi connectivity index (χ0v) is 16.2. The summed E-state index contributed by atoms with van der Waals surface area (Å²) in [7, 11) is -2.16. The highest BCUT2D eigenvalue weighted by atomic mass is 32.2. The Labute approximate surface area is 163 Å². The molecule has 6 nitrogen and oxygen atoms in total. The molecule has 148 valence electrons. The average molecular weight is 404 g/mol. The smallest absolute Gasteiger partial charge is 0.246 e. The number of carbonyl (C=O) groups is 1. The third-order valence-electron chi connectivity index (χ3n) is 4.52. The normalized spacial score (nSPS) is 15.7. The van der Waals surface area contributed by atoms with Crippen LogP contribution in [0.2, 0.25) is 0 Å². The van der Waals surface area contributed by atoms with Crippen molar-refractivity contribution in [3.8, 4) is 5.75 Å². The summed E-state index contributed by atoms with van der Waals surface area (Å²) in [4.78, 5) is 14.1. The number of carbonyl (C=O) groups excluding carboxylic acids is 1. The summed E-state index contributed by atoms with van der Waals surface area (Å²) in [5.74, 6) is -0.0691. The van der Waals surface area contributed by atoms with Crippen molar-refractivity contribution in [2.75, 3.05) is 33.3 Å². The molecule has 0 aromatic heterocycles. The molecule has 3 rings (SSSR count). The predicted molar refractivity (Wildman–Crippen MR) is 104 cm³/mol. The monoisotopic (exact) mass is 404 g/mol. The molecule has 0 radical (unpaired) electrons. The van der Waals surface area contributed by atoms with Gasteiger partial charge in [0, 0.05) is 38.3 Å². The van der Waals surface area contributed by atoms with E-state index in [1.54, 1.807) is 35.2 Å². The second kappa shape index (κ2) is 8.53. The quantitative estimate of drug-likeness (QED) is 0.718. The number of amides is 1. The third kappa shape index (κ3) is 4.58. The summed E-state index contributed by atoms with van der Waals surface area (Å²) < 4.78 is 45.0. The minimum Gasteiger partial charge on any atom is -0.497 e. The summed E-state index contributed by atoms with van der Waals surface area (Å²) in [6, 6.07) is 12.1. The van der Waals surface area contributed by atoms with Gasteiger partial charge in [0.1, 0.15) is 11.6 Å². The first-order chi connectivity index (χ1) is 13.4. The lowest BCUT2D eigenvalue weighted by Gasteiger charge is -2.33. The second-order valence-corrected chi connectivity index (χ2v) is 8.23. The highest BCUT2D eigenvalue weighted by Gasteiger charge is 2.29. The first-order valence-corrected chi connectivity index (χ1v) is 10.2. The van der Waals surface area contributed by atoms with Gasteiger partial charge in [-0.15, -0.1) is 0 Å². The number of hydrogen-bond donors (Lipinski definition) is 0. The molecule has 2 aromatic rings. The number of methoxy groups -OCH3 is 1. The zero-order valence-electron chi connectivity index (χ0n) is 15.4. The molecule has 2 aromatic carbocycles. The van der Waals surface area contributed by atoms with Gasteiger partial charge in [0.05, 0.1) is 12.0 Å². The lowest BCUT2D eigenvalue weighted by molar-refractivity contribution is -0.127. The lowest BCUT2D eigenvalue weighted by Crippen LogP contribution is -2.50.